The van der Waals surface area contributed by atoms with E-state index in [-0.39, 0.29) is 17.7 Å². The van der Waals surface area contributed by atoms with Crippen LogP contribution in [0.25, 0.3) is 11.1 Å². The highest BCUT2D eigenvalue weighted by Gasteiger charge is 2.16. The van der Waals surface area contributed by atoms with Gasteiger partial charge in [0.25, 0.3) is 0 Å². The third kappa shape index (κ3) is 3.14. The maximum atomic E-state index is 14.1. The molecule has 0 saturated heterocycles. The van der Waals surface area contributed by atoms with Crippen molar-refractivity contribution in [3.63, 3.8) is 0 Å². The molecule has 0 aliphatic rings. The molecule has 114 valence electrons. The van der Waals surface area contributed by atoms with Crippen molar-refractivity contribution in [3.05, 3.63) is 58.9 Å². The fourth-order valence-corrected chi connectivity index (χ4v) is 2.14. The molecule has 5 heteroatoms. The third-order valence-corrected chi connectivity index (χ3v) is 3.18. The van der Waals surface area contributed by atoms with Gasteiger partial charge in [-0.05, 0) is 43.2 Å². The molecule has 2 rings (SSSR count). The van der Waals surface area contributed by atoms with Gasteiger partial charge in [0.2, 0.25) is 0 Å². The Morgan fingerprint density at radius 3 is 2.45 bits per heavy atom. The standard InChI is InChI=1S/C17H15FO4/c1-3-22-17(21)13-7-5-11(9-15(13)18)12-6-4-10(2)8-14(12)16(19)20/h4-9H,3H2,1-2H3,(H,19,20). The summed E-state index contributed by atoms with van der Waals surface area (Å²) in [7, 11) is 0. The highest BCUT2D eigenvalue weighted by Crippen LogP contribution is 2.27. The lowest BCUT2D eigenvalue weighted by Crippen LogP contribution is -2.07. The second-order valence-electron chi connectivity index (χ2n) is 4.77. The lowest BCUT2D eigenvalue weighted by atomic mass is 9.97. The number of carboxylic acid groups (broad SMARTS) is 1. The molecule has 1 N–H and O–H groups in total. The molecular weight excluding hydrogens is 287 g/mol. The molecule has 0 aliphatic carbocycles. The van der Waals surface area contributed by atoms with Crippen molar-refractivity contribution in [2.45, 2.75) is 13.8 Å². The van der Waals surface area contributed by atoms with Gasteiger partial charge >= 0.3 is 11.9 Å². The van der Waals surface area contributed by atoms with Gasteiger partial charge in [-0.3, -0.25) is 0 Å². The molecule has 0 bridgehead atoms. The second-order valence-corrected chi connectivity index (χ2v) is 4.77. The summed E-state index contributed by atoms with van der Waals surface area (Å²) < 4.78 is 18.8. The molecule has 0 aromatic heterocycles. The number of carbonyl (C=O) groups is 2. The van der Waals surface area contributed by atoms with Crippen LogP contribution < -0.4 is 0 Å². The summed E-state index contributed by atoms with van der Waals surface area (Å²) in [4.78, 5) is 22.9. The van der Waals surface area contributed by atoms with Gasteiger partial charge < -0.3 is 9.84 Å². The van der Waals surface area contributed by atoms with Gasteiger partial charge in [-0.15, -0.1) is 0 Å². The van der Waals surface area contributed by atoms with E-state index in [1.807, 2.05) is 0 Å². The number of aromatic carboxylic acids is 1. The van der Waals surface area contributed by atoms with Crippen molar-refractivity contribution >= 4 is 11.9 Å². The molecule has 22 heavy (non-hydrogen) atoms. The van der Waals surface area contributed by atoms with Gasteiger partial charge in [-0.2, -0.15) is 0 Å². The number of aryl methyl sites for hydroxylation is 1. The lowest BCUT2D eigenvalue weighted by Gasteiger charge is -2.09. The minimum atomic E-state index is -1.09. The van der Waals surface area contributed by atoms with Crippen molar-refractivity contribution < 1.29 is 23.8 Å². The predicted molar refractivity (Wildman–Crippen MR) is 79.5 cm³/mol. The highest BCUT2D eigenvalue weighted by molar-refractivity contribution is 5.97. The third-order valence-electron chi connectivity index (χ3n) is 3.18. The van der Waals surface area contributed by atoms with E-state index in [0.717, 1.165) is 11.6 Å². The maximum Gasteiger partial charge on any atom is 0.341 e. The molecule has 4 nitrogen and oxygen atoms in total. The highest BCUT2D eigenvalue weighted by atomic mass is 19.1. The van der Waals surface area contributed by atoms with E-state index in [0.29, 0.717) is 11.1 Å². The number of rotatable bonds is 4. The Morgan fingerprint density at radius 2 is 1.86 bits per heavy atom. The van der Waals surface area contributed by atoms with Gasteiger partial charge in [-0.1, -0.05) is 23.8 Å². The average Bonchev–Trinajstić information content (AvgIpc) is 2.47. The molecule has 0 spiro atoms. The molecule has 0 aliphatic heterocycles. The van der Waals surface area contributed by atoms with Crippen LogP contribution in [-0.2, 0) is 4.74 Å². The Kier molecular flexibility index (Phi) is 4.56. The predicted octanol–water partition coefficient (Wildman–Crippen LogP) is 3.68. The maximum absolute atomic E-state index is 14.1. The fraction of sp³-hybridized carbons (Fsp3) is 0.176. The van der Waals surface area contributed by atoms with E-state index < -0.39 is 17.8 Å². The Bertz CT molecular complexity index is 737. The first-order chi connectivity index (χ1) is 10.4. The number of halogens is 1. The number of carboxylic acids is 1. The van der Waals surface area contributed by atoms with E-state index in [4.69, 9.17) is 4.74 Å². The number of carbonyl (C=O) groups excluding carboxylic acids is 1. The van der Waals surface area contributed by atoms with Crippen LogP contribution >= 0.6 is 0 Å². The molecule has 0 atom stereocenters. The van der Waals surface area contributed by atoms with Gasteiger partial charge in [0.05, 0.1) is 17.7 Å². The van der Waals surface area contributed by atoms with Crippen LogP contribution in [0.1, 0.15) is 33.2 Å². The molecule has 2 aromatic rings. The first-order valence-corrected chi connectivity index (χ1v) is 6.75. The zero-order valence-electron chi connectivity index (χ0n) is 12.2. The average molecular weight is 302 g/mol. The number of ether oxygens (including phenoxy) is 1. The molecule has 0 radical (unpaired) electrons. The van der Waals surface area contributed by atoms with Crippen molar-refractivity contribution in [2.24, 2.45) is 0 Å². The first-order valence-electron chi connectivity index (χ1n) is 6.75. The van der Waals surface area contributed by atoms with E-state index in [9.17, 15) is 19.1 Å². The SMILES string of the molecule is CCOC(=O)c1ccc(-c2ccc(C)cc2C(=O)O)cc1F. The smallest absolute Gasteiger partial charge is 0.341 e. The molecular formula is C17H15FO4. The van der Waals surface area contributed by atoms with Crippen LogP contribution in [0.15, 0.2) is 36.4 Å². The quantitative estimate of drug-likeness (QED) is 0.875. The molecule has 0 amide bonds. The van der Waals surface area contributed by atoms with E-state index in [1.54, 1.807) is 26.0 Å². The topological polar surface area (TPSA) is 63.6 Å². The van der Waals surface area contributed by atoms with Gasteiger partial charge in [0.1, 0.15) is 5.82 Å². The largest absolute Gasteiger partial charge is 0.478 e. The minimum Gasteiger partial charge on any atom is -0.478 e. The van der Waals surface area contributed by atoms with Gasteiger partial charge in [-0.25, -0.2) is 14.0 Å². The summed E-state index contributed by atoms with van der Waals surface area (Å²) in [5.74, 6) is -2.57. The molecule has 0 unspecified atom stereocenters. The van der Waals surface area contributed by atoms with Crippen LogP contribution in [-0.4, -0.2) is 23.7 Å². The summed E-state index contributed by atoms with van der Waals surface area (Å²) in [5, 5.41) is 9.27. The lowest BCUT2D eigenvalue weighted by molar-refractivity contribution is 0.0520. The summed E-state index contributed by atoms with van der Waals surface area (Å²) in [6.07, 6.45) is 0. The van der Waals surface area contributed by atoms with Crippen LogP contribution in [0.2, 0.25) is 0 Å². The van der Waals surface area contributed by atoms with Gasteiger partial charge in [0, 0.05) is 0 Å². The van der Waals surface area contributed by atoms with Crippen LogP contribution in [0.5, 0.6) is 0 Å². The first kappa shape index (κ1) is 15.7. The number of hydrogen-bond donors (Lipinski definition) is 1. The Hall–Kier alpha value is -2.69. The van der Waals surface area contributed by atoms with Crippen LogP contribution in [0.4, 0.5) is 4.39 Å². The molecule has 0 heterocycles. The molecule has 0 fully saturated rings. The zero-order chi connectivity index (χ0) is 16.3. The Morgan fingerprint density at radius 1 is 1.14 bits per heavy atom. The number of hydrogen-bond acceptors (Lipinski definition) is 3. The summed E-state index contributed by atoms with van der Waals surface area (Å²) in [6.45, 7) is 3.57. The van der Waals surface area contributed by atoms with Gasteiger partial charge in [0.15, 0.2) is 0 Å². The minimum absolute atomic E-state index is 0.0864. The van der Waals surface area contributed by atoms with Crippen molar-refractivity contribution in [2.75, 3.05) is 6.61 Å². The number of esters is 1. The number of benzene rings is 2. The van der Waals surface area contributed by atoms with E-state index >= 15 is 0 Å². The van der Waals surface area contributed by atoms with Crippen molar-refractivity contribution in [1.82, 2.24) is 0 Å². The molecule has 2 aromatic carbocycles. The Balaban J connectivity index is 2.49. The summed E-state index contributed by atoms with van der Waals surface area (Å²) >= 11 is 0. The van der Waals surface area contributed by atoms with Crippen molar-refractivity contribution in [1.29, 1.82) is 0 Å². The fourth-order valence-electron chi connectivity index (χ4n) is 2.14. The normalized spacial score (nSPS) is 10.3. The Labute approximate surface area is 127 Å². The second kappa shape index (κ2) is 6.39. The molecule has 0 saturated carbocycles. The van der Waals surface area contributed by atoms with E-state index in [2.05, 4.69) is 0 Å². The van der Waals surface area contributed by atoms with Crippen molar-refractivity contribution in [3.8, 4) is 11.1 Å². The zero-order valence-corrected chi connectivity index (χ0v) is 12.2. The van der Waals surface area contributed by atoms with E-state index in [1.165, 1.54) is 18.2 Å². The summed E-state index contributed by atoms with van der Waals surface area (Å²) in [6, 6.07) is 8.84. The van der Waals surface area contributed by atoms with Crippen LogP contribution in [0.3, 0.4) is 0 Å². The van der Waals surface area contributed by atoms with Crippen LogP contribution in [0, 0.1) is 12.7 Å². The monoisotopic (exact) mass is 302 g/mol. The summed E-state index contributed by atoms with van der Waals surface area (Å²) in [5.41, 5.74) is 1.50.